The maximum atomic E-state index is 11.2. The first-order chi connectivity index (χ1) is 7.20. The van der Waals surface area contributed by atoms with E-state index in [1.165, 1.54) is 0 Å². The largest absolute Gasteiger partial charge is 0.632 e. The summed E-state index contributed by atoms with van der Waals surface area (Å²) in [6, 6.07) is -0.263. The van der Waals surface area contributed by atoms with Crippen molar-refractivity contribution >= 4 is 19.1 Å². The number of hydrogen-bond donors (Lipinski definition) is 0. The average molecular weight is 212 g/mol. The number of carbonyl (C=O) groups is 2. The van der Waals surface area contributed by atoms with Gasteiger partial charge in [0.25, 0.3) is 11.9 Å². The predicted octanol–water partition coefficient (Wildman–Crippen LogP) is 0.462. The topological polar surface area (TPSA) is 65.1 Å². The van der Waals surface area contributed by atoms with E-state index >= 15 is 0 Å². The molecule has 82 valence electrons. The molecule has 2 aliphatic rings. The summed E-state index contributed by atoms with van der Waals surface area (Å²) in [6.07, 6.45) is 1.92. The number of ether oxygens (including phenoxy) is 1. The van der Waals surface area contributed by atoms with E-state index in [1.807, 2.05) is 6.92 Å². The molecule has 2 aliphatic heterocycles. The lowest BCUT2D eigenvalue weighted by atomic mass is 9.81. The van der Waals surface area contributed by atoms with E-state index in [1.54, 1.807) is 0 Å². The summed E-state index contributed by atoms with van der Waals surface area (Å²) in [5, 5.41) is 0. The molecule has 0 aliphatic carbocycles. The minimum Gasteiger partial charge on any atom is -0.497 e. The molecule has 6 heteroatoms. The molecule has 2 saturated heterocycles. The lowest BCUT2D eigenvalue weighted by molar-refractivity contribution is -0.143. The molecule has 0 amide bonds. The van der Waals surface area contributed by atoms with Crippen LogP contribution in [0.1, 0.15) is 32.6 Å². The van der Waals surface area contributed by atoms with E-state index in [9.17, 15) is 9.59 Å². The highest BCUT2D eigenvalue weighted by Crippen LogP contribution is 2.29. The molecule has 0 unspecified atom stereocenters. The molecule has 2 heterocycles. The van der Waals surface area contributed by atoms with Crippen LogP contribution in [-0.2, 0) is 23.6 Å². The zero-order valence-electron chi connectivity index (χ0n) is 8.60. The van der Waals surface area contributed by atoms with Gasteiger partial charge in [-0.15, -0.1) is 0 Å². The third-order valence-corrected chi connectivity index (χ3v) is 2.55. The monoisotopic (exact) mass is 212 g/mol. The Bertz CT molecular complexity index is 262. The summed E-state index contributed by atoms with van der Waals surface area (Å²) < 4.78 is 15.3. The second kappa shape index (κ2) is 4.22. The van der Waals surface area contributed by atoms with E-state index in [-0.39, 0.29) is 36.9 Å². The van der Waals surface area contributed by atoms with Crippen LogP contribution in [-0.4, -0.2) is 31.2 Å². The summed E-state index contributed by atoms with van der Waals surface area (Å²) in [4.78, 5) is 22.4. The molecule has 0 aromatic heterocycles. The zero-order chi connectivity index (χ0) is 10.8. The summed E-state index contributed by atoms with van der Waals surface area (Å²) in [5.74, 6) is -0.643. The second-order valence-corrected chi connectivity index (χ2v) is 3.75. The van der Waals surface area contributed by atoms with Crippen molar-refractivity contribution in [3.05, 3.63) is 0 Å². The molecule has 0 aromatic carbocycles. The van der Waals surface area contributed by atoms with Crippen molar-refractivity contribution in [2.24, 2.45) is 0 Å². The molecule has 0 radical (unpaired) electrons. The Balaban J connectivity index is 1.95. The van der Waals surface area contributed by atoms with E-state index in [0.29, 0.717) is 6.42 Å². The van der Waals surface area contributed by atoms with Crippen molar-refractivity contribution in [3.63, 3.8) is 0 Å². The van der Waals surface area contributed by atoms with E-state index in [0.717, 1.165) is 6.42 Å². The van der Waals surface area contributed by atoms with E-state index in [2.05, 4.69) is 0 Å². The van der Waals surface area contributed by atoms with E-state index < -0.39 is 7.12 Å². The molecular weight excluding hydrogens is 199 g/mol. The molecule has 0 saturated carbocycles. The van der Waals surface area contributed by atoms with Gasteiger partial charge in [0, 0.05) is 12.8 Å². The van der Waals surface area contributed by atoms with Crippen molar-refractivity contribution < 1.29 is 23.6 Å². The first kappa shape index (κ1) is 10.5. The fraction of sp³-hybridized carbons (Fsp3) is 0.778. The smallest absolute Gasteiger partial charge is 0.497 e. The first-order valence-corrected chi connectivity index (χ1v) is 5.25. The second-order valence-electron chi connectivity index (χ2n) is 3.75. The highest BCUT2D eigenvalue weighted by Gasteiger charge is 2.54. The van der Waals surface area contributed by atoms with Crippen molar-refractivity contribution in [3.8, 4) is 0 Å². The predicted molar refractivity (Wildman–Crippen MR) is 50.7 cm³/mol. The van der Waals surface area contributed by atoms with Gasteiger partial charge < -0.3 is 14.0 Å². The molecular formula is C9H13BO5. The van der Waals surface area contributed by atoms with Gasteiger partial charge in [-0.1, -0.05) is 6.92 Å². The van der Waals surface area contributed by atoms with Crippen molar-refractivity contribution in [1.29, 1.82) is 0 Å². The minimum atomic E-state index is -0.838. The van der Waals surface area contributed by atoms with Gasteiger partial charge in [-0.25, -0.2) is 0 Å². The van der Waals surface area contributed by atoms with Crippen LogP contribution in [0.15, 0.2) is 0 Å². The quantitative estimate of drug-likeness (QED) is 0.491. The Kier molecular flexibility index (Phi) is 2.95. The van der Waals surface area contributed by atoms with Crippen molar-refractivity contribution in [2.75, 3.05) is 0 Å². The molecule has 2 atom stereocenters. The fourth-order valence-corrected chi connectivity index (χ4v) is 1.64. The van der Waals surface area contributed by atoms with Gasteiger partial charge in [-0.2, -0.15) is 0 Å². The summed E-state index contributed by atoms with van der Waals surface area (Å²) in [5.41, 5.74) is 0. The van der Waals surface area contributed by atoms with Gasteiger partial charge >= 0.3 is 7.12 Å². The van der Waals surface area contributed by atoms with Crippen LogP contribution >= 0.6 is 0 Å². The molecule has 0 aromatic rings. The first-order valence-electron chi connectivity index (χ1n) is 5.25. The molecule has 2 fully saturated rings. The van der Waals surface area contributed by atoms with Crippen LogP contribution in [0.3, 0.4) is 0 Å². The molecule has 0 bridgehead atoms. The normalized spacial score (nSPS) is 31.4. The zero-order valence-corrected chi connectivity index (χ0v) is 8.60. The van der Waals surface area contributed by atoms with Gasteiger partial charge in [0.2, 0.25) is 0 Å². The number of epoxide rings is 1. The Morgan fingerprint density at radius 2 is 1.87 bits per heavy atom. The van der Waals surface area contributed by atoms with Gasteiger partial charge in [0.15, 0.2) is 0 Å². The number of hydrogen-bond acceptors (Lipinski definition) is 5. The highest BCUT2D eigenvalue weighted by atomic mass is 16.7. The lowest BCUT2D eigenvalue weighted by Crippen LogP contribution is -2.37. The van der Waals surface area contributed by atoms with Crippen LogP contribution in [0.25, 0.3) is 0 Å². The number of carbonyl (C=O) groups excluding carboxylic acids is 2. The minimum absolute atomic E-state index is 0.0510. The number of rotatable bonds is 2. The van der Waals surface area contributed by atoms with Crippen molar-refractivity contribution in [2.45, 2.75) is 44.7 Å². The van der Waals surface area contributed by atoms with Crippen LogP contribution < -0.4 is 0 Å². The SMILES string of the molecule is CC[C@@H]1O[C@H]1B1OC(=O)CCCC(=O)O1. The molecule has 0 spiro atoms. The van der Waals surface area contributed by atoms with Gasteiger partial charge in [0.1, 0.15) is 6.00 Å². The van der Waals surface area contributed by atoms with Gasteiger partial charge in [0.05, 0.1) is 6.10 Å². The third kappa shape index (κ3) is 2.50. The Morgan fingerprint density at radius 3 is 2.33 bits per heavy atom. The van der Waals surface area contributed by atoms with Gasteiger partial charge in [-0.3, -0.25) is 9.59 Å². The molecule has 2 rings (SSSR count). The highest BCUT2D eigenvalue weighted by molar-refractivity contribution is 6.51. The third-order valence-electron chi connectivity index (χ3n) is 2.55. The summed E-state index contributed by atoms with van der Waals surface area (Å²) in [6.45, 7) is 1.97. The Labute approximate surface area is 88.2 Å². The lowest BCUT2D eigenvalue weighted by Gasteiger charge is -2.15. The Hall–Kier alpha value is -1.04. The van der Waals surface area contributed by atoms with Crippen LogP contribution in [0, 0.1) is 0 Å². The molecule has 15 heavy (non-hydrogen) atoms. The summed E-state index contributed by atoms with van der Waals surface area (Å²) >= 11 is 0. The van der Waals surface area contributed by atoms with Crippen LogP contribution in [0.2, 0.25) is 0 Å². The Morgan fingerprint density at radius 1 is 1.27 bits per heavy atom. The van der Waals surface area contributed by atoms with E-state index in [4.69, 9.17) is 14.0 Å². The van der Waals surface area contributed by atoms with Crippen LogP contribution in [0.4, 0.5) is 0 Å². The average Bonchev–Trinajstić information content (AvgIpc) is 2.93. The maximum absolute atomic E-state index is 11.2. The molecule has 5 nitrogen and oxygen atoms in total. The molecule has 0 N–H and O–H groups in total. The summed E-state index contributed by atoms with van der Waals surface area (Å²) in [7, 11) is -0.838. The maximum Gasteiger partial charge on any atom is 0.632 e. The van der Waals surface area contributed by atoms with Crippen LogP contribution in [0.5, 0.6) is 0 Å². The standard InChI is InChI=1S/C9H13BO5/c1-2-6-9(13-6)10-14-7(11)4-3-5-8(12)15-10/h6,9H,2-5H2,1H3/t6-,9+/m0/s1. The van der Waals surface area contributed by atoms with Gasteiger partial charge in [-0.05, 0) is 12.8 Å². The van der Waals surface area contributed by atoms with Crippen molar-refractivity contribution in [1.82, 2.24) is 0 Å². The fourth-order valence-electron chi connectivity index (χ4n) is 1.64.